The van der Waals surface area contributed by atoms with Gasteiger partial charge in [-0.1, -0.05) is 0 Å². The number of hydrogen-bond acceptors (Lipinski definition) is 4. The number of hydrogen-bond donors (Lipinski definition) is 2. The highest BCUT2D eigenvalue weighted by Crippen LogP contribution is 2.14. The molecule has 1 aliphatic rings. The quantitative estimate of drug-likeness (QED) is 0.760. The molecule has 8 nitrogen and oxygen atoms in total. The van der Waals surface area contributed by atoms with Crippen molar-refractivity contribution in [1.29, 1.82) is 0 Å². The third-order valence-corrected chi connectivity index (χ3v) is 3.67. The predicted molar refractivity (Wildman–Crippen MR) is 88.2 cm³/mol. The molecule has 0 aromatic heterocycles. The van der Waals surface area contributed by atoms with Crippen molar-refractivity contribution < 1.29 is 19.2 Å². The standard InChI is InChI=1S/C16H20N4O4/c1-11(21)17-13-3-5-14(6-4-13)18-15(23)16(24)20-9-7-19(8-10-20)12(2)22/h3-6H,7-10H2,1-2H3,(H,17,21)(H,18,23). The van der Waals surface area contributed by atoms with Gasteiger partial charge in [0, 0.05) is 51.4 Å². The maximum atomic E-state index is 12.1. The van der Waals surface area contributed by atoms with Crippen molar-refractivity contribution in [2.24, 2.45) is 0 Å². The van der Waals surface area contributed by atoms with Gasteiger partial charge < -0.3 is 20.4 Å². The van der Waals surface area contributed by atoms with E-state index in [4.69, 9.17) is 0 Å². The summed E-state index contributed by atoms with van der Waals surface area (Å²) in [5.41, 5.74) is 1.07. The molecule has 2 N–H and O–H groups in total. The molecule has 0 radical (unpaired) electrons. The molecule has 0 unspecified atom stereocenters. The highest BCUT2D eigenvalue weighted by molar-refractivity contribution is 6.39. The molecular weight excluding hydrogens is 312 g/mol. The van der Waals surface area contributed by atoms with Crippen LogP contribution in [0.15, 0.2) is 24.3 Å². The Labute approximate surface area is 139 Å². The lowest BCUT2D eigenvalue weighted by atomic mass is 10.2. The first-order chi connectivity index (χ1) is 11.4. The Morgan fingerprint density at radius 2 is 1.25 bits per heavy atom. The van der Waals surface area contributed by atoms with Gasteiger partial charge in [0.25, 0.3) is 0 Å². The molecule has 0 aliphatic carbocycles. The second-order valence-electron chi connectivity index (χ2n) is 5.51. The maximum Gasteiger partial charge on any atom is 0.313 e. The van der Waals surface area contributed by atoms with Gasteiger partial charge in [-0.2, -0.15) is 0 Å². The molecule has 128 valence electrons. The normalized spacial score (nSPS) is 14.1. The van der Waals surface area contributed by atoms with Crippen LogP contribution in [0.25, 0.3) is 0 Å². The third kappa shape index (κ3) is 4.55. The fourth-order valence-electron chi connectivity index (χ4n) is 2.39. The number of amides is 4. The Kier molecular flexibility index (Phi) is 5.51. The number of anilines is 2. The van der Waals surface area contributed by atoms with Crippen molar-refractivity contribution in [3.63, 3.8) is 0 Å². The Bertz CT molecular complexity index is 649. The lowest BCUT2D eigenvalue weighted by molar-refractivity contribution is -0.145. The summed E-state index contributed by atoms with van der Waals surface area (Å²) in [6, 6.07) is 6.47. The van der Waals surface area contributed by atoms with E-state index in [2.05, 4.69) is 10.6 Å². The van der Waals surface area contributed by atoms with Crippen molar-refractivity contribution >= 4 is 35.0 Å². The molecule has 1 fully saturated rings. The highest BCUT2D eigenvalue weighted by atomic mass is 16.2. The number of carbonyl (C=O) groups excluding carboxylic acids is 4. The largest absolute Gasteiger partial charge is 0.339 e. The molecule has 1 saturated heterocycles. The molecule has 0 atom stereocenters. The fraction of sp³-hybridized carbons (Fsp3) is 0.375. The number of rotatable bonds is 2. The first-order valence-electron chi connectivity index (χ1n) is 7.60. The summed E-state index contributed by atoms with van der Waals surface area (Å²) in [5.74, 6) is -1.57. The van der Waals surface area contributed by atoms with E-state index in [0.29, 0.717) is 37.6 Å². The van der Waals surface area contributed by atoms with Crippen molar-refractivity contribution in [2.75, 3.05) is 36.8 Å². The smallest absolute Gasteiger partial charge is 0.313 e. The Morgan fingerprint density at radius 1 is 0.792 bits per heavy atom. The van der Waals surface area contributed by atoms with E-state index in [1.54, 1.807) is 29.2 Å². The van der Waals surface area contributed by atoms with Crippen LogP contribution in [0.4, 0.5) is 11.4 Å². The maximum absolute atomic E-state index is 12.1. The van der Waals surface area contributed by atoms with Gasteiger partial charge in [0.1, 0.15) is 0 Å². The van der Waals surface area contributed by atoms with Crippen LogP contribution in [0, 0.1) is 0 Å². The molecule has 2 rings (SSSR count). The zero-order valence-electron chi connectivity index (χ0n) is 13.7. The van der Waals surface area contributed by atoms with Crippen molar-refractivity contribution in [2.45, 2.75) is 13.8 Å². The molecule has 1 aromatic rings. The van der Waals surface area contributed by atoms with Crippen LogP contribution < -0.4 is 10.6 Å². The number of piperazine rings is 1. The fourth-order valence-corrected chi connectivity index (χ4v) is 2.39. The van der Waals surface area contributed by atoms with Crippen LogP contribution in [0.5, 0.6) is 0 Å². The lowest BCUT2D eigenvalue weighted by Crippen LogP contribution is -2.52. The number of carbonyl (C=O) groups is 4. The van der Waals surface area contributed by atoms with Gasteiger partial charge in [-0.05, 0) is 24.3 Å². The summed E-state index contributed by atoms with van der Waals surface area (Å²) in [6.45, 7) is 4.43. The zero-order valence-corrected chi connectivity index (χ0v) is 13.7. The SMILES string of the molecule is CC(=O)Nc1ccc(NC(=O)C(=O)N2CCN(C(C)=O)CC2)cc1. The molecule has 1 aromatic carbocycles. The average Bonchev–Trinajstić information content (AvgIpc) is 2.55. The topological polar surface area (TPSA) is 98.8 Å². The average molecular weight is 332 g/mol. The molecule has 0 bridgehead atoms. The van der Waals surface area contributed by atoms with Gasteiger partial charge in [0.2, 0.25) is 11.8 Å². The molecule has 4 amide bonds. The summed E-state index contributed by atoms with van der Waals surface area (Å²) >= 11 is 0. The van der Waals surface area contributed by atoms with E-state index in [-0.39, 0.29) is 11.8 Å². The predicted octanol–water partition coefficient (Wildman–Crippen LogP) is 0.274. The molecule has 1 heterocycles. The van der Waals surface area contributed by atoms with E-state index >= 15 is 0 Å². The van der Waals surface area contributed by atoms with Crippen molar-refractivity contribution in [3.8, 4) is 0 Å². The molecule has 8 heteroatoms. The van der Waals surface area contributed by atoms with Gasteiger partial charge in [0.15, 0.2) is 0 Å². The highest BCUT2D eigenvalue weighted by Gasteiger charge is 2.26. The van der Waals surface area contributed by atoms with Gasteiger partial charge in [0.05, 0.1) is 0 Å². The number of benzene rings is 1. The second kappa shape index (κ2) is 7.58. The molecular formula is C16H20N4O4. The van der Waals surface area contributed by atoms with Crippen LogP contribution in [-0.4, -0.2) is 59.6 Å². The Hall–Kier alpha value is -2.90. The lowest BCUT2D eigenvalue weighted by Gasteiger charge is -2.33. The van der Waals surface area contributed by atoms with Crippen molar-refractivity contribution in [1.82, 2.24) is 9.80 Å². The Balaban J connectivity index is 1.89. The summed E-state index contributed by atoms with van der Waals surface area (Å²) in [7, 11) is 0. The van der Waals surface area contributed by atoms with Crippen LogP contribution in [0.3, 0.4) is 0 Å². The van der Waals surface area contributed by atoms with Crippen LogP contribution in [-0.2, 0) is 19.2 Å². The summed E-state index contributed by atoms with van der Waals surface area (Å²) in [5, 5.41) is 5.14. The first-order valence-corrected chi connectivity index (χ1v) is 7.60. The zero-order chi connectivity index (χ0) is 17.7. The summed E-state index contributed by atoms with van der Waals surface area (Å²) < 4.78 is 0. The van der Waals surface area contributed by atoms with E-state index in [1.165, 1.54) is 18.7 Å². The van der Waals surface area contributed by atoms with E-state index in [1.807, 2.05) is 0 Å². The van der Waals surface area contributed by atoms with Gasteiger partial charge in [-0.3, -0.25) is 19.2 Å². The molecule has 24 heavy (non-hydrogen) atoms. The number of nitrogens with one attached hydrogen (secondary N) is 2. The van der Waals surface area contributed by atoms with Gasteiger partial charge in [-0.25, -0.2) is 0 Å². The minimum atomic E-state index is -0.724. The number of nitrogens with zero attached hydrogens (tertiary/aromatic N) is 2. The van der Waals surface area contributed by atoms with E-state index in [0.717, 1.165) is 0 Å². The van der Waals surface area contributed by atoms with E-state index < -0.39 is 11.8 Å². The van der Waals surface area contributed by atoms with Gasteiger partial charge in [-0.15, -0.1) is 0 Å². The van der Waals surface area contributed by atoms with E-state index in [9.17, 15) is 19.2 Å². The molecule has 0 spiro atoms. The van der Waals surface area contributed by atoms with Crippen LogP contribution in [0.2, 0.25) is 0 Å². The minimum Gasteiger partial charge on any atom is -0.339 e. The molecule has 0 saturated carbocycles. The van der Waals surface area contributed by atoms with Crippen LogP contribution >= 0.6 is 0 Å². The first kappa shape index (κ1) is 17.5. The van der Waals surface area contributed by atoms with Gasteiger partial charge >= 0.3 is 11.8 Å². The molecule has 1 aliphatic heterocycles. The Morgan fingerprint density at radius 3 is 1.71 bits per heavy atom. The van der Waals surface area contributed by atoms with Crippen molar-refractivity contribution in [3.05, 3.63) is 24.3 Å². The van der Waals surface area contributed by atoms with Crippen LogP contribution in [0.1, 0.15) is 13.8 Å². The monoisotopic (exact) mass is 332 g/mol. The third-order valence-electron chi connectivity index (χ3n) is 3.67. The minimum absolute atomic E-state index is 0.0363. The summed E-state index contributed by atoms with van der Waals surface area (Å²) in [4.78, 5) is 49.5. The second-order valence-corrected chi connectivity index (χ2v) is 5.51. The summed E-state index contributed by atoms with van der Waals surface area (Å²) in [6.07, 6.45) is 0.